The lowest BCUT2D eigenvalue weighted by atomic mass is 9.88. The average Bonchev–Trinajstić information content (AvgIpc) is 3.31. The number of fused-ring (bicyclic) bond motifs is 1. The van der Waals surface area contributed by atoms with E-state index in [1.807, 2.05) is 36.9 Å². The summed E-state index contributed by atoms with van der Waals surface area (Å²) in [5.41, 5.74) is 2.18. The molecule has 3 aromatic rings. The third kappa shape index (κ3) is 3.80. The third-order valence-electron chi connectivity index (χ3n) is 6.02. The van der Waals surface area contributed by atoms with Gasteiger partial charge in [-0.1, -0.05) is 35.3 Å². The van der Waals surface area contributed by atoms with Crippen LogP contribution in [-0.2, 0) is 17.3 Å². The summed E-state index contributed by atoms with van der Waals surface area (Å²) in [6, 6.07) is 12.6. The second-order valence-electron chi connectivity index (χ2n) is 7.98. The summed E-state index contributed by atoms with van der Waals surface area (Å²) in [5, 5.41) is 4.88. The van der Waals surface area contributed by atoms with Gasteiger partial charge in [-0.05, 0) is 49.4 Å². The number of halogens is 2. The van der Waals surface area contributed by atoms with E-state index in [0.717, 1.165) is 29.4 Å². The first-order valence-electron chi connectivity index (χ1n) is 9.89. The van der Waals surface area contributed by atoms with Crippen LogP contribution in [0, 0.1) is 0 Å². The van der Waals surface area contributed by atoms with Gasteiger partial charge in [-0.25, -0.2) is 4.79 Å². The zero-order valence-electron chi connectivity index (χ0n) is 17.5. The molecule has 1 atom stereocenters. The maximum Gasteiger partial charge on any atom is 0.337 e. The third-order valence-corrected chi connectivity index (χ3v) is 6.84. The number of likely N-dealkylation sites (tertiary alicyclic amines) is 1. The molecule has 2 heterocycles. The van der Waals surface area contributed by atoms with Gasteiger partial charge in [0.1, 0.15) is 5.69 Å². The molecule has 1 aliphatic heterocycles. The fourth-order valence-electron chi connectivity index (χ4n) is 4.30. The fourth-order valence-corrected chi connectivity index (χ4v) is 4.68. The van der Waals surface area contributed by atoms with Gasteiger partial charge < -0.3 is 19.5 Å². The lowest BCUT2D eigenvalue weighted by molar-refractivity contribution is 0.0600. The van der Waals surface area contributed by atoms with E-state index in [2.05, 4.69) is 10.2 Å². The summed E-state index contributed by atoms with van der Waals surface area (Å²) in [7, 11) is 5.21. The monoisotopic (exact) mass is 459 g/mol. The van der Waals surface area contributed by atoms with Crippen LogP contribution in [0.5, 0.6) is 0 Å². The molecule has 8 heteroatoms. The number of methoxy groups -OCH3 is 1. The SMILES string of the molecule is COC(=O)c1ccc(C2(NC(=O)c3cc4c(Cl)c(Cl)ccc4n3C)CCN(C)C2)cc1. The number of likely N-dealkylation sites (N-methyl/N-ethyl adjacent to an activating group) is 1. The van der Waals surface area contributed by atoms with Crippen LogP contribution in [-0.4, -0.2) is 48.6 Å². The normalized spacial score (nSPS) is 19.0. The Morgan fingerprint density at radius 2 is 1.81 bits per heavy atom. The molecule has 1 aromatic heterocycles. The number of carbonyl (C=O) groups is 2. The number of benzene rings is 2. The van der Waals surface area contributed by atoms with Crippen LogP contribution < -0.4 is 5.32 Å². The Labute approximate surface area is 190 Å². The van der Waals surface area contributed by atoms with Gasteiger partial charge >= 0.3 is 5.97 Å². The molecule has 0 radical (unpaired) electrons. The summed E-state index contributed by atoms with van der Waals surface area (Å²) in [5.74, 6) is -0.586. The summed E-state index contributed by atoms with van der Waals surface area (Å²) in [4.78, 5) is 27.4. The predicted octanol–water partition coefficient (Wildman–Crippen LogP) is 4.23. The Hall–Kier alpha value is -2.54. The van der Waals surface area contributed by atoms with E-state index in [-0.39, 0.29) is 11.9 Å². The molecule has 0 saturated carbocycles. The van der Waals surface area contributed by atoms with Gasteiger partial charge in [-0.2, -0.15) is 0 Å². The van der Waals surface area contributed by atoms with E-state index in [1.54, 1.807) is 24.3 Å². The highest BCUT2D eigenvalue weighted by Gasteiger charge is 2.40. The van der Waals surface area contributed by atoms with Crippen molar-refractivity contribution in [3.63, 3.8) is 0 Å². The maximum atomic E-state index is 13.4. The minimum Gasteiger partial charge on any atom is -0.465 e. The molecule has 1 fully saturated rings. The van der Waals surface area contributed by atoms with Crippen molar-refractivity contribution in [3.05, 3.63) is 69.3 Å². The quantitative estimate of drug-likeness (QED) is 0.592. The molecule has 4 rings (SSSR count). The van der Waals surface area contributed by atoms with Gasteiger partial charge in [-0.15, -0.1) is 0 Å². The van der Waals surface area contributed by atoms with Crippen LogP contribution in [0.4, 0.5) is 0 Å². The Balaban J connectivity index is 1.70. The van der Waals surface area contributed by atoms with Gasteiger partial charge in [0.25, 0.3) is 5.91 Å². The first-order chi connectivity index (χ1) is 14.8. The summed E-state index contributed by atoms with van der Waals surface area (Å²) < 4.78 is 6.61. The minimum atomic E-state index is -0.571. The fraction of sp³-hybridized carbons (Fsp3) is 0.304. The van der Waals surface area contributed by atoms with Crippen LogP contribution in [0.2, 0.25) is 10.0 Å². The van der Waals surface area contributed by atoms with Crippen molar-refractivity contribution in [2.45, 2.75) is 12.0 Å². The van der Waals surface area contributed by atoms with E-state index in [4.69, 9.17) is 27.9 Å². The number of rotatable bonds is 4. The van der Waals surface area contributed by atoms with Crippen LogP contribution in [0.1, 0.15) is 32.8 Å². The van der Waals surface area contributed by atoms with E-state index in [9.17, 15) is 9.59 Å². The van der Waals surface area contributed by atoms with Gasteiger partial charge in [-0.3, -0.25) is 4.79 Å². The van der Waals surface area contributed by atoms with E-state index in [1.165, 1.54) is 7.11 Å². The van der Waals surface area contributed by atoms with Crippen molar-refractivity contribution in [2.75, 3.05) is 27.2 Å². The maximum absolute atomic E-state index is 13.4. The molecule has 1 amide bonds. The van der Waals surface area contributed by atoms with Gasteiger partial charge in [0, 0.05) is 31.0 Å². The molecule has 0 aliphatic carbocycles. The number of esters is 1. The highest BCUT2D eigenvalue weighted by Crippen LogP contribution is 2.35. The van der Waals surface area contributed by atoms with Crippen LogP contribution in [0.3, 0.4) is 0 Å². The highest BCUT2D eigenvalue weighted by atomic mass is 35.5. The van der Waals surface area contributed by atoms with Crippen molar-refractivity contribution in [1.29, 1.82) is 0 Å². The van der Waals surface area contributed by atoms with Crippen molar-refractivity contribution in [3.8, 4) is 0 Å². The number of nitrogens with zero attached hydrogens (tertiary/aromatic N) is 2. The first kappa shape index (κ1) is 21.7. The molecular weight excluding hydrogens is 437 g/mol. The number of hydrogen-bond donors (Lipinski definition) is 1. The summed E-state index contributed by atoms with van der Waals surface area (Å²) in [6.45, 7) is 1.50. The molecule has 1 unspecified atom stereocenters. The number of aromatic nitrogens is 1. The lowest BCUT2D eigenvalue weighted by Crippen LogP contribution is -2.48. The van der Waals surface area contributed by atoms with E-state index >= 15 is 0 Å². The zero-order chi connectivity index (χ0) is 22.3. The topological polar surface area (TPSA) is 63.6 Å². The summed E-state index contributed by atoms with van der Waals surface area (Å²) >= 11 is 12.5. The Morgan fingerprint density at radius 1 is 1.10 bits per heavy atom. The Morgan fingerprint density at radius 3 is 2.42 bits per heavy atom. The van der Waals surface area contributed by atoms with Crippen LogP contribution in [0.25, 0.3) is 10.9 Å². The van der Waals surface area contributed by atoms with E-state index < -0.39 is 5.54 Å². The van der Waals surface area contributed by atoms with Crippen molar-refractivity contribution in [1.82, 2.24) is 14.8 Å². The first-order valence-corrected chi connectivity index (χ1v) is 10.6. The van der Waals surface area contributed by atoms with Gasteiger partial charge in [0.15, 0.2) is 0 Å². The molecule has 1 N–H and O–H groups in total. The molecule has 162 valence electrons. The lowest BCUT2D eigenvalue weighted by Gasteiger charge is -2.31. The molecule has 2 aromatic carbocycles. The van der Waals surface area contributed by atoms with Gasteiger partial charge in [0.05, 0.1) is 28.3 Å². The number of aryl methyl sites for hydroxylation is 1. The smallest absolute Gasteiger partial charge is 0.337 e. The zero-order valence-corrected chi connectivity index (χ0v) is 19.0. The van der Waals surface area contributed by atoms with Crippen molar-refractivity contribution in [2.24, 2.45) is 7.05 Å². The molecule has 0 bridgehead atoms. The second-order valence-corrected chi connectivity index (χ2v) is 8.76. The van der Waals surface area contributed by atoms with E-state index in [0.29, 0.717) is 27.8 Å². The molecule has 1 saturated heterocycles. The van der Waals surface area contributed by atoms with Crippen LogP contribution >= 0.6 is 23.2 Å². The number of ether oxygens (including phenoxy) is 1. The molecule has 6 nitrogen and oxygen atoms in total. The standard InChI is InChI=1S/C23H23Cl2N3O3/c1-27-11-10-23(13-27,15-6-4-14(5-7-15)22(30)31-3)26-21(29)19-12-16-18(28(19)2)9-8-17(24)20(16)25/h4-9,12H,10-11,13H2,1-3H3,(H,26,29). The average molecular weight is 460 g/mol. The molecular formula is C23H23Cl2N3O3. The largest absolute Gasteiger partial charge is 0.465 e. The minimum absolute atomic E-state index is 0.196. The molecule has 0 spiro atoms. The van der Waals surface area contributed by atoms with Crippen LogP contribution in [0.15, 0.2) is 42.5 Å². The highest BCUT2D eigenvalue weighted by molar-refractivity contribution is 6.45. The number of nitrogens with one attached hydrogen (secondary N) is 1. The molecule has 31 heavy (non-hydrogen) atoms. The molecule has 1 aliphatic rings. The number of amides is 1. The number of carbonyl (C=O) groups excluding carboxylic acids is 2. The second kappa shape index (κ2) is 8.19. The van der Waals surface area contributed by atoms with Crippen molar-refractivity contribution >= 4 is 46.0 Å². The van der Waals surface area contributed by atoms with Gasteiger partial charge in [0.2, 0.25) is 0 Å². The predicted molar refractivity (Wildman–Crippen MR) is 122 cm³/mol. The Bertz CT molecular complexity index is 1170. The van der Waals surface area contributed by atoms with Crippen molar-refractivity contribution < 1.29 is 14.3 Å². The summed E-state index contributed by atoms with van der Waals surface area (Å²) in [6.07, 6.45) is 0.753. The Kier molecular flexibility index (Phi) is 5.73. The number of hydrogen-bond acceptors (Lipinski definition) is 4.